The minimum atomic E-state index is -0.124. The molecule has 72 valence electrons. The van der Waals surface area contributed by atoms with Crippen molar-refractivity contribution >= 4 is 11.6 Å². The highest BCUT2D eigenvalue weighted by Crippen LogP contribution is 2.22. The highest BCUT2D eigenvalue weighted by molar-refractivity contribution is 6.30. The smallest absolute Gasteiger partial charge is 0.125 e. The fraction of sp³-hybridized carbons (Fsp3) is 0.333. The van der Waals surface area contributed by atoms with Crippen LogP contribution in [0.1, 0.15) is 5.56 Å². The van der Waals surface area contributed by atoms with Gasteiger partial charge in [-0.05, 0) is 18.2 Å². The van der Waals surface area contributed by atoms with E-state index in [4.69, 9.17) is 26.6 Å². The predicted octanol–water partition coefficient (Wildman–Crippen LogP) is 1.20. The van der Waals surface area contributed by atoms with Gasteiger partial charge in [-0.1, -0.05) is 11.6 Å². The van der Waals surface area contributed by atoms with Crippen LogP contribution in [0.5, 0.6) is 5.75 Å². The van der Waals surface area contributed by atoms with Gasteiger partial charge in [0.05, 0.1) is 13.2 Å². The maximum absolute atomic E-state index is 8.94. The van der Waals surface area contributed by atoms with Crippen LogP contribution in [0.25, 0.3) is 0 Å². The Morgan fingerprint density at radius 1 is 1.31 bits per heavy atom. The van der Waals surface area contributed by atoms with E-state index in [0.717, 1.165) is 0 Å². The molecule has 1 rings (SSSR count). The van der Waals surface area contributed by atoms with E-state index in [1.165, 1.54) is 0 Å². The largest absolute Gasteiger partial charge is 0.491 e. The molecule has 0 unspecified atom stereocenters. The molecular formula is C9H11ClO3. The lowest BCUT2D eigenvalue weighted by Gasteiger charge is -2.08. The second-order valence-electron chi connectivity index (χ2n) is 2.48. The third kappa shape index (κ3) is 2.88. The van der Waals surface area contributed by atoms with Crippen LogP contribution in [0, 0.1) is 0 Å². The summed E-state index contributed by atoms with van der Waals surface area (Å²) < 4.78 is 5.16. The second-order valence-corrected chi connectivity index (χ2v) is 2.92. The lowest BCUT2D eigenvalue weighted by atomic mass is 10.2. The molecule has 0 aromatic heterocycles. The standard InChI is InChI=1S/C9H11ClO3/c10-8-1-2-9(13-4-3-11)7(5-8)6-12/h1-2,5,11-12H,3-4,6H2. The Kier molecular flexibility index (Phi) is 4.02. The van der Waals surface area contributed by atoms with Crippen LogP contribution in [-0.2, 0) is 6.61 Å². The first-order valence-corrected chi connectivity index (χ1v) is 4.28. The number of rotatable bonds is 4. The first-order valence-electron chi connectivity index (χ1n) is 3.91. The molecule has 0 spiro atoms. The number of benzene rings is 1. The zero-order valence-corrected chi connectivity index (χ0v) is 7.79. The quantitative estimate of drug-likeness (QED) is 0.772. The van der Waals surface area contributed by atoms with Crippen LogP contribution in [-0.4, -0.2) is 23.4 Å². The summed E-state index contributed by atoms with van der Waals surface area (Å²) in [6.45, 7) is 0.0451. The summed E-state index contributed by atoms with van der Waals surface area (Å²) in [6.07, 6.45) is 0. The number of hydrogen-bond acceptors (Lipinski definition) is 3. The first-order chi connectivity index (χ1) is 6.27. The molecule has 0 aliphatic carbocycles. The molecule has 0 aliphatic heterocycles. The van der Waals surface area contributed by atoms with Gasteiger partial charge in [0.25, 0.3) is 0 Å². The Morgan fingerprint density at radius 2 is 2.08 bits per heavy atom. The van der Waals surface area contributed by atoms with Crippen molar-refractivity contribution in [3.05, 3.63) is 28.8 Å². The molecule has 4 heteroatoms. The first kappa shape index (κ1) is 10.3. The fourth-order valence-electron chi connectivity index (χ4n) is 0.968. The van der Waals surface area contributed by atoms with Gasteiger partial charge >= 0.3 is 0 Å². The van der Waals surface area contributed by atoms with Gasteiger partial charge < -0.3 is 14.9 Å². The molecule has 0 saturated heterocycles. The van der Waals surface area contributed by atoms with Gasteiger partial charge in [-0.2, -0.15) is 0 Å². The molecule has 0 atom stereocenters. The van der Waals surface area contributed by atoms with Gasteiger partial charge in [0, 0.05) is 10.6 Å². The highest BCUT2D eigenvalue weighted by Gasteiger charge is 2.02. The summed E-state index contributed by atoms with van der Waals surface area (Å²) in [5, 5.41) is 18.0. The van der Waals surface area contributed by atoms with Crippen molar-refractivity contribution in [1.29, 1.82) is 0 Å². The van der Waals surface area contributed by atoms with E-state index in [1.807, 2.05) is 0 Å². The van der Waals surface area contributed by atoms with Gasteiger partial charge in [0.15, 0.2) is 0 Å². The average molecular weight is 203 g/mol. The van der Waals surface area contributed by atoms with Gasteiger partial charge in [0.2, 0.25) is 0 Å². The molecule has 0 aliphatic rings. The molecule has 3 nitrogen and oxygen atoms in total. The molecule has 0 fully saturated rings. The van der Waals surface area contributed by atoms with E-state index in [2.05, 4.69) is 0 Å². The minimum absolute atomic E-state index is 0.0481. The van der Waals surface area contributed by atoms with Crippen molar-refractivity contribution in [2.45, 2.75) is 6.61 Å². The molecule has 0 amide bonds. The monoisotopic (exact) mass is 202 g/mol. The topological polar surface area (TPSA) is 49.7 Å². The second kappa shape index (κ2) is 5.07. The molecule has 2 N–H and O–H groups in total. The van der Waals surface area contributed by atoms with Crippen molar-refractivity contribution in [2.75, 3.05) is 13.2 Å². The highest BCUT2D eigenvalue weighted by atomic mass is 35.5. The SMILES string of the molecule is OCCOc1ccc(Cl)cc1CO. The summed E-state index contributed by atoms with van der Waals surface area (Å²) in [5.74, 6) is 0.556. The maximum atomic E-state index is 8.94. The van der Waals surface area contributed by atoms with Gasteiger partial charge in [-0.3, -0.25) is 0 Å². The average Bonchev–Trinajstić information content (AvgIpc) is 2.16. The summed E-state index contributed by atoms with van der Waals surface area (Å²) in [4.78, 5) is 0. The van der Waals surface area contributed by atoms with Crippen molar-refractivity contribution < 1.29 is 14.9 Å². The van der Waals surface area contributed by atoms with Crippen LogP contribution in [0.3, 0.4) is 0 Å². The van der Waals surface area contributed by atoms with E-state index in [1.54, 1.807) is 18.2 Å². The zero-order valence-electron chi connectivity index (χ0n) is 7.03. The Morgan fingerprint density at radius 3 is 2.69 bits per heavy atom. The minimum Gasteiger partial charge on any atom is -0.491 e. The number of ether oxygens (including phenoxy) is 1. The van der Waals surface area contributed by atoms with Gasteiger partial charge in [-0.15, -0.1) is 0 Å². The molecule has 0 radical (unpaired) electrons. The Bertz CT molecular complexity index is 276. The normalized spacial score (nSPS) is 10.1. The Balaban J connectivity index is 2.79. The molecule has 13 heavy (non-hydrogen) atoms. The van der Waals surface area contributed by atoms with E-state index < -0.39 is 0 Å². The van der Waals surface area contributed by atoms with Crippen molar-refractivity contribution in [2.24, 2.45) is 0 Å². The number of aliphatic hydroxyl groups excluding tert-OH is 2. The van der Waals surface area contributed by atoms with E-state index in [-0.39, 0.29) is 19.8 Å². The Hall–Kier alpha value is -0.770. The number of halogens is 1. The van der Waals surface area contributed by atoms with Gasteiger partial charge in [0.1, 0.15) is 12.4 Å². The predicted molar refractivity (Wildman–Crippen MR) is 50.0 cm³/mol. The summed E-state index contributed by atoms with van der Waals surface area (Å²) in [5.41, 5.74) is 0.626. The van der Waals surface area contributed by atoms with Crippen LogP contribution in [0.15, 0.2) is 18.2 Å². The fourth-order valence-corrected chi connectivity index (χ4v) is 1.16. The van der Waals surface area contributed by atoms with Crippen LogP contribution in [0.4, 0.5) is 0 Å². The molecule has 1 aromatic carbocycles. The molecular weight excluding hydrogens is 192 g/mol. The van der Waals surface area contributed by atoms with E-state index in [9.17, 15) is 0 Å². The molecule has 0 bridgehead atoms. The van der Waals surface area contributed by atoms with Crippen LogP contribution >= 0.6 is 11.6 Å². The Labute approximate surface area is 81.5 Å². The van der Waals surface area contributed by atoms with Crippen molar-refractivity contribution in [1.82, 2.24) is 0 Å². The van der Waals surface area contributed by atoms with E-state index >= 15 is 0 Å². The van der Waals surface area contributed by atoms with Crippen LogP contribution < -0.4 is 4.74 Å². The molecule has 0 saturated carbocycles. The maximum Gasteiger partial charge on any atom is 0.125 e. The number of aliphatic hydroxyl groups is 2. The molecule has 0 heterocycles. The molecule has 1 aromatic rings. The summed E-state index contributed by atoms with van der Waals surface area (Å²) >= 11 is 5.71. The lowest BCUT2D eigenvalue weighted by molar-refractivity contribution is 0.196. The lowest BCUT2D eigenvalue weighted by Crippen LogP contribution is -2.03. The third-order valence-electron chi connectivity index (χ3n) is 1.54. The van der Waals surface area contributed by atoms with Crippen molar-refractivity contribution in [3.8, 4) is 5.75 Å². The van der Waals surface area contributed by atoms with Crippen LogP contribution in [0.2, 0.25) is 5.02 Å². The van der Waals surface area contributed by atoms with Crippen molar-refractivity contribution in [3.63, 3.8) is 0 Å². The summed E-state index contributed by atoms with van der Waals surface area (Å²) in [6, 6.07) is 4.98. The third-order valence-corrected chi connectivity index (χ3v) is 1.78. The van der Waals surface area contributed by atoms with Gasteiger partial charge in [-0.25, -0.2) is 0 Å². The summed E-state index contributed by atoms with van der Waals surface area (Å²) in [7, 11) is 0. The number of hydrogen-bond donors (Lipinski definition) is 2. The van der Waals surface area contributed by atoms with E-state index in [0.29, 0.717) is 16.3 Å². The zero-order chi connectivity index (χ0) is 9.68.